The van der Waals surface area contributed by atoms with E-state index < -0.39 is 0 Å². The average molecular weight is 222 g/mol. The highest BCUT2D eigenvalue weighted by molar-refractivity contribution is 4.81. The van der Waals surface area contributed by atoms with E-state index >= 15 is 0 Å². The van der Waals surface area contributed by atoms with E-state index in [0.717, 1.165) is 6.54 Å². The van der Waals surface area contributed by atoms with E-state index in [1.807, 2.05) is 18.7 Å². The molecule has 1 aliphatic rings. The molecule has 0 radical (unpaired) electrons. The van der Waals surface area contributed by atoms with Crippen LogP contribution < -0.4 is 5.73 Å². The Labute approximate surface area is 97.4 Å². The third kappa shape index (κ3) is 3.06. The smallest absolute Gasteiger partial charge is 0.0945 e. The summed E-state index contributed by atoms with van der Waals surface area (Å²) in [4.78, 5) is 6.57. The van der Waals surface area contributed by atoms with Gasteiger partial charge in [-0.05, 0) is 38.8 Å². The lowest BCUT2D eigenvalue weighted by atomic mass is 10.0. The zero-order chi connectivity index (χ0) is 11.4. The van der Waals surface area contributed by atoms with Gasteiger partial charge in [0.15, 0.2) is 0 Å². The van der Waals surface area contributed by atoms with Gasteiger partial charge >= 0.3 is 0 Å². The highest BCUT2D eigenvalue weighted by atomic mass is 15.1. The molecule has 1 fully saturated rings. The molecule has 0 saturated carbocycles. The zero-order valence-electron chi connectivity index (χ0n) is 10.0. The second-order valence-electron chi connectivity index (χ2n) is 4.86. The largest absolute Gasteiger partial charge is 0.337 e. The van der Waals surface area contributed by atoms with Crippen LogP contribution in [-0.4, -0.2) is 40.1 Å². The molecule has 16 heavy (non-hydrogen) atoms. The van der Waals surface area contributed by atoms with Crippen molar-refractivity contribution in [2.75, 3.05) is 19.6 Å². The lowest BCUT2D eigenvalue weighted by Crippen LogP contribution is -2.30. The lowest BCUT2D eigenvalue weighted by Gasteiger charge is -2.17. The van der Waals surface area contributed by atoms with Gasteiger partial charge < -0.3 is 15.2 Å². The highest BCUT2D eigenvalue weighted by Gasteiger charge is 2.24. The van der Waals surface area contributed by atoms with Crippen molar-refractivity contribution >= 4 is 0 Å². The number of imidazole rings is 1. The number of nitrogens with zero attached hydrogens (tertiary/aromatic N) is 3. The summed E-state index contributed by atoms with van der Waals surface area (Å²) >= 11 is 0. The minimum Gasteiger partial charge on any atom is -0.337 e. The third-order valence-corrected chi connectivity index (χ3v) is 3.50. The molecule has 2 unspecified atom stereocenters. The minimum atomic E-state index is 0.346. The van der Waals surface area contributed by atoms with Crippen LogP contribution in [0.3, 0.4) is 0 Å². The molecule has 0 spiro atoms. The first-order valence-corrected chi connectivity index (χ1v) is 6.19. The zero-order valence-corrected chi connectivity index (χ0v) is 10.0. The molecule has 0 aliphatic carbocycles. The second-order valence-corrected chi connectivity index (χ2v) is 4.86. The Morgan fingerprint density at radius 3 is 3.00 bits per heavy atom. The SMILES string of the molecule is CC(N)C1CCN(CCCn2ccnc2)C1. The van der Waals surface area contributed by atoms with Gasteiger partial charge in [-0.3, -0.25) is 0 Å². The average Bonchev–Trinajstić information content (AvgIpc) is 2.87. The molecule has 90 valence electrons. The standard InChI is InChI=1S/C12H22N4/c1-11(13)12-3-7-15(9-12)5-2-6-16-8-4-14-10-16/h4,8,10-12H,2-3,5-7,9,13H2,1H3. The molecule has 1 aromatic heterocycles. The monoisotopic (exact) mass is 222 g/mol. The molecule has 4 nitrogen and oxygen atoms in total. The summed E-state index contributed by atoms with van der Waals surface area (Å²) in [5, 5.41) is 0. The van der Waals surface area contributed by atoms with Crippen LogP contribution in [-0.2, 0) is 6.54 Å². The Morgan fingerprint density at radius 2 is 2.38 bits per heavy atom. The van der Waals surface area contributed by atoms with Crippen LogP contribution in [0.4, 0.5) is 0 Å². The molecule has 2 atom stereocenters. The molecule has 1 aromatic rings. The Bertz CT molecular complexity index is 294. The van der Waals surface area contributed by atoms with Crippen molar-refractivity contribution in [3.05, 3.63) is 18.7 Å². The van der Waals surface area contributed by atoms with Gasteiger partial charge in [0.2, 0.25) is 0 Å². The van der Waals surface area contributed by atoms with Crippen LogP contribution >= 0.6 is 0 Å². The van der Waals surface area contributed by atoms with E-state index in [1.54, 1.807) is 0 Å². The van der Waals surface area contributed by atoms with Crippen LogP contribution in [0.1, 0.15) is 19.8 Å². The van der Waals surface area contributed by atoms with Gasteiger partial charge in [-0.25, -0.2) is 4.98 Å². The summed E-state index contributed by atoms with van der Waals surface area (Å²) in [6.07, 6.45) is 8.20. The molecule has 1 saturated heterocycles. The maximum absolute atomic E-state index is 5.93. The summed E-state index contributed by atoms with van der Waals surface area (Å²) in [5.74, 6) is 0.702. The molecule has 0 aromatic carbocycles. The fourth-order valence-electron chi connectivity index (χ4n) is 2.39. The van der Waals surface area contributed by atoms with Crippen molar-refractivity contribution in [2.45, 2.75) is 32.4 Å². The molecule has 2 rings (SSSR count). The summed E-state index contributed by atoms with van der Waals surface area (Å²) in [7, 11) is 0. The maximum Gasteiger partial charge on any atom is 0.0945 e. The van der Waals surface area contributed by atoms with Crippen molar-refractivity contribution < 1.29 is 0 Å². The summed E-state index contributed by atoms with van der Waals surface area (Å²) in [6, 6.07) is 0.346. The van der Waals surface area contributed by atoms with Crippen molar-refractivity contribution in [1.82, 2.24) is 14.5 Å². The quantitative estimate of drug-likeness (QED) is 0.806. The van der Waals surface area contributed by atoms with Crippen LogP contribution in [0, 0.1) is 5.92 Å². The van der Waals surface area contributed by atoms with E-state index in [4.69, 9.17) is 5.73 Å². The predicted octanol–water partition coefficient (Wildman–Crippen LogP) is 0.942. The van der Waals surface area contributed by atoms with Crippen molar-refractivity contribution in [3.63, 3.8) is 0 Å². The second kappa shape index (κ2) is 5.46. The molecule has 2 heterocycles. The van der Waals surface area contributed by atoms with E-state index in [-0.39, 0.29) is 0 Å². The Hall–Kier alpha value is -0.870. The number of likely N-dealkylation sites (tertiary alicyclic amines) is 1. The Morgan fingerprint density at radius 1 is 1.50 bits per heavy atom. The van der Waals surface area contributed by atoms with Crippen molar-refractivity contribution in [3.8, 4) is 0 Å². The first-order chi connectivity index (χ1) is 7.75. The van der Waals surface area contributed by atoms with E-state index in [0.29, 0.717) is 12.0 Å². The summed E-state index contributed by atoms with van der Waals surface area (Å²) < 4.78 is 2.14. The molecule has 4 heteroatoms. The van der Waals surface area contributed by atoms with Gasteiger partial charge in [0.25, 0.3) is 0 Å². The van der Waals surface area contributed by atoms with E-state index in [2.05, 4.69) is 21.4 Å². The molecule has 1 aliphatic heterocycles. The molecular weight excluding hydrogens is 200 g/mol. The number of aryl methyl sites for hydroxylation is 1. The fourth-order valence-corrected chi connectivity index (χ4v) is 2.39. The number of hydrogen-bond donors (Lipinski definition) is 1. The Kier molecular flexibility index (Phi) is 3.96. The molecule has 0 bridgehead atoms. The van der Waals surface area contributed by atoms with Gasteiger partial charge in [0, 0.05) is 31.5 Å². The van der Waals surface area contributed by atoms with Crippen LogP contribution in [0.5, 0.6) is 0 Å². The normalized spacial score (nSPS) is 23.8. The van der Waals surface area contributed by atoms with Gasteiger partial charge in [-0.1, -0.05) is 0 Å². The number of rotatable bonds is 5. The first kappa shape index (κ1) is 11.6. The van der Waals surface area contributed by atoms with Crippen molar-refractivity contribution in [1.29, 1.82) is 0 Å². The minimum absolute atomic E-state index is 0.346. The van der Waals surface area contributed by atoms with Crippen LogP contribution in [0.25, 0.3) is 0 Å². The molecular formula is C12H22N4. The van der Waals surface area contributed by atoms with Gasteiger partial charge in [-0.15, -0.1) is 0 Å². The first-order valence-electron chi connectivity index (χ1n) is 6.19. The van der Waals surface area contributed by atoms with E-state index in [9.17, 15) is 0 Å². The number of hydrogen-bond acceptors (Lipinski definition) is 3. The Balaban J connectivity index is 1.64. The highest BCUT2D eigenvalue weighted by Crippen LogP contribution is 2.18. The third-order valence-electron chi connectivity index (χ3n) is 3.50. The van der Waals surface area contributed by atoms with Crippen LogP contribution in [0.2, 0.25) is 0 Å². The summed E-state index contributed by atoms with van der Waals surface area (Å²) in [5.41, 5.74) is 5.93. The maximum atomic E-state index is 5.93. The predicted molar refractivity (Wildman–Crippen MR) is 65.0 cm³/mol. The fraction of sp³-hybridized carbons (Fsp3) is 0.750. The summed E-state index contributed by atoms with van der Waals surface area (Å²) in [6.45, 7) is 6.78. The van der Waals surface area contributed by atoms with Crippen LogP contribution in [0.15, 0.2) is 18.7 Å². The number of nitrogens with two attached hydrogens (primary N) is 1. The lowest BCUT2D eigenvalue weighted by molar-refractivity contribution is 0.305. The van der Waals surface area contributed by atoms with Gasteiger partial charge in [-0.2, -0.15) is 0 Å². The topological polar surface area (TPSA) is 47.1 Å². The molecule has 0 amide bonds. The van der Waals surface area contributed by atoms with E-state index in [1.165, 1.54) is 32.5 Å². The van der Waals surface area contributed by atoms with Gasteiger partial charge in [0.1, 0.15) is 0 Å². The van der Waals surface area contributed by atoms with Gasteiger partial charge in [0.05, 0.1) is 6.33 Å². The van der Waals surface area contributed by atoms with Crippen molar-refractivity contribution in [2.24, 2.45) is 11.7 Å². The number of aromatic nitrogens is 2. The molecule has 2 N–H and O–H groups in total.